The fourth-order valence-corrected chi connectivity index (χ4v) is 7.29. The summed E-state index contributed by atoms with van der Waals surface area (Å²) in [5.41, 5.74) is 2.87. The molecule has 2 aromatic carbocycles. The monoisotopic (exact) mass is 521 g/mol. The molecule has 0 unspecified atom stereocenters. The number of hydrogen-bond donors (Lipinski definition) is 2. The molecule has 0 atom stereocenters. The molecule has 186 valence electrons. The smallest absolute Gasteiger partial charge is 0.246 e. The molecule has 2 N–H and O–H groups in total. The van der Waals surface area contributed by atoms with E-state index in [0.717, 1.165) is 85.1 Å². The predicted octanol–water partition coefficient (Wildman–Crippen LogP) is 5.67. The summed E-state index contributed by atoms with van der Waals surface area (Å²) >= 11 is 1.62. The quantitative estimate of drug-likeness (QED) is 0.439. The molecule has 5 nitrogen and oxygen atoms in total. The van der Waals surface area contributed by atoms with Crippen LogP contribution in [0.3, 0.4) is 0 Å². The predicted molar refractivity (Wildman–Crippen MR) is 130 cm³/mol. The zero-order chi connectivity index (χ0) is 24.6. The van der Waals surface area contributed by atoms with Crippen molar-refractivity contribution in [2.24, 2.45) is 5.92 Å². The average Bonchev–Trinajstić information content (AvgIpc) is 3.14. The Bertz CT molecular complexity index is 1320. The molecule has 2 aliphatic rings. The topological polar surface area (TPSA) is 71.1 Å². The normalized spacial score (nSPS) is 20.1. The first-order valence-corrected chi connectivity index (χ1v) is 14.1. The van der Waals surface area contributed by atoms with Crippen LogP contribution in [0.25, 0.3) is 11.3 Å². The van der Waals surface area contributed by atoms with Gasteiger partial charge in [-0.15, -0.1) is 11.3 Å². The SMILES string of the molecule is O=S(=O)(NC[C@H]1CC[C@H](Nc2nc3c(s2)CCCc2ccc(F)cc2-3)CC1)c1c(F)cccc1F. The molecule has 0 saturated heterocycles. The lowest BCUT2D eigenvalue weighted by molar-refractivity contribution is 0.337. The number of nitrogens with one attached hydrogen (secondary N) is 2. The molecule has 1 saturated carbocycles. The van der Waals surface area contributed by atoms with Crippen molar-refractivity contribution in [2.75, 3.05) is 11.9 Å². The number of halogens is 3. The lowest BCUT2D eigenvalue weighted by Gasteiger charge is -2.29. The Hall–Kier alpha value is -2.43. The molecule has 5 rings (SSSR count). The van der Waals surface area contributed by atoms with Gasteiger partial charge in [0.2, 0.25) is 10.0 Å². The van der Waals surface area contributed by atoms with Gasteiger partial charge in [0.15, 0.2) is 10.0 Å². The number of anilines is 1. The minimum Gasteiger partial charge on any atom is -0.359 e. The van der Waals surface area contributed by atoms with E-state index in [2.05, 4.69) is 10.0 Å². The number of aryl methyl sites for hydroxylation is 2. The van der Waals surface area contributed by atoms with E-state index < -0.39 is 26.6 Å². The first-order valence-electron chi connectivity index (χ1n) is 11.8. The van der Waals surface area contributed by atoms with Gasteiger partial charge in [0.1, 0.15) is 17.5 Å². The van der Waals surface area contributed by atoms with Crippen LogP contribution in [0.2, 0.25) is 0 Å². The van der Waals surface area contributed by atoms with Gasteiger partial charge in [-0.2, -0.15) is 0 Å². The Balaban J connectivity index is 1.19. The van der Waals surface area contributed by atoms with Gasteiger partial charge in [-0.05, 0) is 80.7 Å². The molecule has 0 radical (unpaired) electrons. The van der Waals surface area contributed by atoms with Crippen LogP contribution < -0.4 is 10.0 Å². The maximum absolute atomic E-state index is 13.9. The summed E-state index contributed by atoms with van der Waals surface area (Å²) in [5.74, 6) is -2.37. The van der Waals surface area contributed by atoms with Gasteiger partial charge >= 0.3 is 0 Å². The Kier molecular flexibility index (Phi) is 6.87. The summed E-state index contributed by atoms with van der Waals surface area (Å²) in [7, 11) is -4.27. The van der Waals surface area contributed by atoms with Crippen LogP contribution in [0.1, 0.15) is 42.5 Å². The number of sulfonamides is 1. The van der Waals surface area contributed by atoms with Crippen molar-refractivity contribution in [1.82, 2.24) is 9.71 Å². The van der Waals surface area contributed by atoms with Crippen LogP contribution in [0, 0.1) is 23.4 Å². The van der Waals surface area contributed by atoms with Crippen LogP contribution in [-0.2, 0) is 22.9 Å². The molecule has 0 bridgehead atoms. The molecule has 2 aliphatic carbocycles. The number of benzene rings is 2. The summed E-state index contributed by atoms with van der Waals surface area (Å²) in [5, 5.41) is 4.34. The van der Waals surface area contributed by atoms with Gasteiger partial charge in [0.05, 0.1) is 5.69 Å². The summed E-state index contributed by atoms with van der Waals surface area (Å²) in [6.07, 6.45) is 6.05. The lowest BCUT2D eigenvalue weighted by Crippen LogP contribution is -2.34. The van der Waals surface area contributed by atoms with Crippen LogP contribution >= 0.6 is 11.3 Å². The second kappa shape index (κ2) is 9.91. The van der Waals surface area contributed by atoms with Crippen LogP contribution in [0.4, 0.5) is 18.3 Å². The Morgan fingerprint density at radius 1 is 1.00 bits per heavy atom. The Morgan fingerprint density at radius 2 is 1.74 bits per heavy atom. The largest absolute Gasteiger partial charge is 0.359 e. The first-order chi connectivity index (χ1) is 16.8. The van der Waals surface area contributed by atoms with Gasteiger partial charge in [0, 0.05) is 23.0 Å². The molecule has 1 fully saturated rings. The second-order valence-electron chi connectivity index (χ2n) is 9.21. The average molecular weight is 522 g/mol. The summed E-state index contributed by atoms with van der Waals surface area (Å²) < 4.78 is 68.9. The van der Waals surface area contributed by atoms with Gasteiger partial charge < -0.3 is 5.32 Å². The van der Waals surface area contributed by atoms with Crippen molar-refractivity contribution in [3.8, 4) is 11.3 Å². The summed E-state index contributed by atoms with van der Waals surface area (Å²) in [6, 6.07) is 8.12. The third-order valence-corrected chi connectivity index (χ3v) is 9.32. The molecule has 10 heteroatoms. The highest BCUT2D eigenvalue weighted by atomic mass is 32.2. The molecule has 0 aliphatic heterocycles. The van der Waals surface area contributed by atoms with Crippen molar-refractivity contribution >= 4 is 26.5 Å². The molecule has 35 heavy (non-hydrogen) atoms. The molecule has 1 aromatic heterocycles. The van der Waals surface area contributed by atoms with Crippen LogP contribution in [-0.4, -0.2) is 26.0 Å². The lowest BCUT2D eigenvalue weighted by atomic mass is 9.86. The maximum atomic E-state index is 13.9. The van der Waals surface area contributed by atoms with Gasteiger partial charge in [0.25, 0.3) is 0 Å². The van der Waals surface area contributed by atoms with E-state index >= 15 is 0 Å². The van der Waals surface area contributed by atoms with Crippen molar-refractivity contribution in [3.63, 3.8) is 0 Å². The van der Waals surface area contributed by atoms with Gasteiger partial charge in [-0.1, -0.05) is 12.1 Å². The molecule has 1 heterocycles. The summed E-state index contributed by atoms with van der Waals surface area (Å²) in [6.45, 7) is 0.136. The van der Waals surface area contributed by atoms with Crippen LogP contribution in [0.15, 0.2) is 41.3 Å². The number of fused-ring (bicyclic) bond motifs is 3. The molecule has 3 aromatic rings. The summed E-state index contributed by atoms with van der Waals surface area (Å²) in [4.78, 5) is 5.04. The van der Waals surface area contributed by atoms with E-state index in [1.54, 1.807) is 17.4 Å². The van der Waals surface area contributed by atoms with Gasteiger partial charge in [-0.25, -0.2) is 31.3 Å². The highest BCUT2D eigenvalue weighted by molar-refractivity contribution is 7.89. The van der Waals surface area contributed by atoms with E-state index in [4.69, 9.17) is 4.98 Å². The fraction of sp³-hybridized carbons (Fsp3) is 0.400. The van der Waals surface area contributed by atoms with E-state index in [-0.39, 0.29) is 24.3 Å². The standard InChI is InChI=1S/C25H26F3N3O2S2/c26-17-10-9-16-3-1-6-22-23(19(16)13-17)31-25(34-22)30-18-11-7-15(8-12-18)14-29-35(32,33)24-20(27)4-2-5-21(24)28/h2,4-5,9-10,13,15,18,29H,1,3,6-8,11-12,14H2,(H,30,31)/t15-,18-. The third-order valence-electron chi connectivity index (χ3n) is 6.80. The van der Waals surface area contributed by atoms with E-state index in [1.165, 1.54) is 10.9 Å². The third kappa shape index (κ3) is 5.24. The molecule has 0 amide bonds. The number of nitrogens with zero attached hydrogens (tertiary/aromatic N) is 1. The minimum absolute atomic E-state index is 0.0838. The Morgan fingerprint density at radius 3 is 2.49 bits per heavy atom. The number of hydrogen-bond acceptors (Lipinski definition) is 5. The first kappa shape index (κ1) is 24.3. The van der Waals surface area contributed by atoms with E-state index in [9.17, 15) is 21.6 Å². The highest BCUT2D eigenvalue weighted by Crippen LogP contribution is 2.38. The Labute approximate surface area is 206 Å². The number of rotatable bonds is 6. The molecular formula is C25H26F3N3O2S2. The zero-order valence-electron chi connectivity index (χ0n) is 19.0. The maximum Gasteiger partial charge on any atom is 0.246 e. The van der Waals surface area contributed by atoms with Crippen molar-refractivity contribution < 1.29 is 21.6 Å². The minimum atomic E-state index is -4.27. The van der Waals surface area contributed by atoms with Crippen molar-refractivity contribution in [1.29, 1.82) is 0 Å². The zero-order valence-corrected chi connectivity index (χ0v) is 20.6. The van der Waals surface area contributed by atoms with Crippen molar-refractivity contribution in [3.05, 3.63) is 64.3 Å². The highest BCUT2D eigenvalue weighted by Gasteiger charge is 2.28. The van der Waals surface area contributed by atoms with Crippen LogP contribution in [0.5, 0.6) is 0 Å². The van der Waals surface area contributed by atoms with Gasteiger partial charge in [-0.3, -0.25) is 0 Å². The van der Waals surface area contributed by atoms with E-state index in [1.807, 2.05) is 6.07 Å². The molecular weight excluding hydrogens is 495 g/mol. The van der Waals surface area contributed by atoms with E-state index in [0.29, 0.717) is 0 Å². The second-order valence-corrected chi connectivity index (χ2v) is 12.0. The molecule has 0 spiro atoms. The van der Waals surface area contributed by atoms with Crippen molar-refractivity contribution in [2.45, 2.75) is 55.9 Å². The number of aromatic nitrogens is 1. The number of thiazole rings is 1. The fourth-order valence-electron chi connectivity index (χ4n) is 4.94.